The zero-order valence-corrected chi connectivity index (χ0v) is 9.62. The molecule has 4 amide bonds. The number of imide groups is 2. The van der Waals surface area contributed by atoms with Crippen LogP contribution in [0.15, 0.2) is 12.3 Å². The summed E-state index contributed by atoms with van der Waals surface area (Å²) in [6.07, 6.45) is 1.52. The number of piperidine rings is 1. The molecule has 1 fully saturated rings. The lowest BCUT2D eigenvalue weighted by atomic mass is 10.0. The number of carbonyl (C=O) groups excluding carboxylic acids is 4. The second-order valence-electron chi connectivity index (χ2n) is 4.24. The Balaban J connectivity index is 1.96. The number of hydrogen-bond donors (Lipinski definition) is 1. The fourth-order valence-electron chi connectivity index (χ4n) is 2.21. The minimum Gasteiger partial charge on any atom is -0.295 e. The van der Waals surface area contributed by atoms with Gasteiger partial charge in [-0.15, -0.1) is 5.10 Å². The number of nitrogens with one attached hydrogen (secondary N) is 1. The van der Waals surface area contributed by atoms with E-state index >= 15 is 0 Å². The summed E-state index contributed by atoms with van der Waals surface area (Å²) in [4.78, 5) is 47.8. The Morgan fingerprint density at radius 2 is 2.00 bits per heavy atom. The number of fused-ring (bicyclic) bond motifs is 1. The molecule has 0 bridgehead atoms. The van der Waals surface area contributed by atoms with Gasteiger partial charge in [0.25, 0.3) is 11.8 Å². The molecule has 2 aliphatic heterocycles. The second-order valence-corrected chi connectivity index (χ2v) is 4.24. The molecular formula is C11H8N4O4. The molecule has 1 saturated heterocycles. The first-order valence-corrected chi connectivity index (χ1v) is 5.63. The van der Waals surface area contributed by atoms with Gasteiger partial charge in [-0.25, -0.2) is 0 Å². The second kappa shape index (κ2) is 3.94. The Morgan fingerprint density at radius 1 is 1.21 bits per heavy atom. The minimum absolute atomic E-state index is 0.0581. The highest BCUT2D eigenvalue weighted by Crippen LogP contribution is 2.25. The van der Waals surface area contributed by atoms with E-state index in [1.807, 2.05) is 0 Å². The van der Waals surface area contributed by atoms with Crippen molar-refractivity contribution < 1.29 is 19.2 Å². The largest absolute Gasteiger partial charge is 0.295 e. The van der Waals surface area contributed by atoms with Gasteiger partial charge in [-0.2, -0.15) is 5.10 Å². The highest BCUT2D eigenvalue weighted by atomic mass is 16.2. The average molecular weight is 260 g/mol. The zero-order chi connectivity index (χ0) is 13.6. The van der Waals surface area contributed by atoms with E-state index < -0.39 is 29.7 Å². The first-order chi connectivity index (χ1) is 9.09. The molecular weight excluding hydrogens is 252 g/mol. The Labute approximate surface area is 106 Å². The summed E-state index contributed by atoms with van der Waals surface area (Å²) in [5.41, 5.74) is 0.0712. The molecule has 1 aromatic rings. The summed E-state index contributed by atoms with van der Waals surface area (Å²) in [5, 5.41) is 9.28. The van der Waals surface area contributed by atoms with Crippen LogP contribution in [0.25, 0.3) is 0 Å². The van der Waals surface area contributed by atoms with Gasteiger partial charge in [-0.1, -0.05) is 0 Å². The number of rotatable bonds is 1. The van der Waals surface area contributed by atoms with Crippen LogP contribution in [-0.2, 0) is 9.59 Å². The van der Waals surface area contributed by atoms with Gasteiger partial charge in [0.05, 0.1) is 11.8 Å². The molecule has 0 spiro atoms. The van der Waals surface area contributed by atoms with E-state index in [-0.39, 0.29) is 24.1 Å². The topological polar surface area (TPSA) is 109 Å². The first kappa shape index (κ1) is 11.5. The summed E-state index contributed by atoms with van der Waals surface area (Å²) in [6.45, 7) is 0. The predicted octanol–water partition coefficient (Wildman–Crippen LogP) is -1.12. The highest BCUT2D eigenvalue weighted by Gasteiger charge is 2.45. The zero-order valence-electron chi connectivity index (χ0n) is 9.62. The number of aromatic nitrogens is 2. The quantitative estimate of drug-likeness (QED) is 0.640. The van der Waals surface area contributed by atoms with Gasteiger partial charge in [0.1, 0.15) is 6.04 Å². The molecule has 3 heterocycles. The molecule has 0 aliphatic carbocycles. The lowest BCUT2D eigenvalue weighted by Gasteiger charge is -2.27. The van der Waals surface area contributed by atoms with Crippen molar-refractivity contribution in [3.8, 4) is 0 Å². The molecule has 19 heavy (non-hydrogen) atoms. The van der Waals surface area contributed by atoms with Crippen molar-refractivity contribution in [3.63, 3.8) is 0 Å². The van der Waals surface area contributed by atoms with Crippen LogP contribution in [-0.4, -0.2) is 44.8 Å². The summed E-state index contributed by atoms with van der Waals surface area (Å²) in [5.74, 6) is -2.27. The third kappa shape index (κ3) is 1.60. The molecule has 96 valence electrons. The van der Waals surface area contributed by atoms with Gasteiger partial charge >= 0.3 is 0 Å². The number of carbonyl (C=O) groups is 4. The fraction of sp³-hybridized carbons (Fsp3) is 0.273. The number of nitrogens with zero attached hydrogens (tertiary/aromatic N) is 3. The maximum atomic E-state index is 12.1. The van der Waals surface area contributed by atoms with E-state index in [0.29, 0.717) is 0 Å². The molecule has 0 aromatic carbocycles. The lowest BCUT2D eigenvalue weighted by molar-refractivity contribution is -0.136. The van der Waals surface area contributed by atoms with Crippen molar-refractivity contribution in [2.45, 2.75) is 18.9 Å². The van der Waals surface area contributed by atoms with Crippen molar-refractivity contribution in [2.75, 3.05) is 0 Å². The lowest BCUT2D eigenvalue weighted by Crippen LogP contribution is -2.54. The van der Waals surface area contributed by atoms with Gasteiger partial charge in [0.2, 0.25) is 11.8 Å². The third-order valence-electron chi connectivity index (χ3n) is 3.11. The maximum absolute atomic E-state index is 12.1. The number of amides is 4. The molecule has 3 rings (SSSR count). The van der Waals surface area contributed by atoms with E-state index in [0.717, 1.165) is 4.90 Å². The van der Waals surface area contributed by atoms with E-state index in [2.05, 4.69) is 15.5 Å². The summed E-state index contributed by atoms with van der Waals surface area (Å²) >= 11 is 0. The monoisotopic (exact) mass is 260 g/mol. The van der Waals surface area contributed by atoms with Crippen LogP contribution in [0.3, 0.4) is 0 Å². The SMILES string of the molecule is O=C1CCC(N2C(=O)c3ccnnc3C2=O)C(=O)N1. The van der Waals surface area contributed by atoms with E-state index in [4.69, 9.17) is 0 Å². The molecule has 0 saturated carbocycles. The summed E-state index contributed by atoms with van der Waals surface area (Å²) < 4.78 is 0. The van der Waals surface area contributed by atoms with Crippen molar-refractivity contribution in [1.82, 2.24) is 20.4 Å². The highest BCUT2D eigenvalue weighted by molar-refractivity contribution is 6.22. The Hall–Kier alpha value is -2.64. The van der Waals surface area contributed by atoms with Gasteiger partial charge in [-0.3, -0.25) is 29.4 Å². The molecule has 1 N–H and O–H groups in total. The van der Waals surface area contributed by atoms with Crippen LogP contribution in [0, 0.1) is 0 Å². The Bertz CT molecular complexity index is 592. The molecule has 1 atom stereocenters. The molecule has 1 aromatic heterocycles. The van der Waals surface area contributed by atoms with Crippen LogP contribution in [0.1, 0.15) is 33.7 Å². The maximum Gasteiger partial charge on any atom is 0.282 e. The fourth-order valence-corrected chi connectivity index (χ4v) is 2.21. The van der Waals surface area contributed by atoms with Gasteiger partial charge in [0, 0.05) is 6.42 Å². The van der Waals surface area contributed by atoms with Crippen LogP contribution >= 0.6 is 0 Å². The minimum atomic E-state index is -0.966. The van der Waals surface area contributed by atoms with Gasteiger partial charge in [-0.05, 0) is 12.5 Å². The molecule has 8 heteroatoms. The number of hydrogen-bond acceptors (Lipinski definition) is 6. The van der Waals surface area contributed by atoms with E-state index in [1.54, 1.807) is 0 Å². The summed E-state index contributed by atoms with van der Waals surface area (Å²) in [7, 11) is 0. The van der Waals surface area contributed by atoms with Crippen molar-refractivity contribution in [2.24, 2.45) is 0 Å². The van der Waals surface area contributed by atoms with Crippen LogP contribution < -0.4 is 5.32 Å². The smallest absolute Gasteiger partial charge is 0.282 e. The third-order valence-corrected chi connectivity index (χ3v) is 3.11. The van der Waals surface area contributed by atoms with Gasteiger partial charge < -0.3 is 0 Å². The van der Waals surface area contributed by atoms with Crippen molar-refractivity contribution in [3.05, 3.63) is 23.5 Å². The predicted molar refractivity (Wildman–Crippen MR) is 58.7 cm³/mol. The summed E-state index contributed by atoms with van der Waals surface area (Å²) in [6, 6.07) is 0.418. The van der Waals surface area contributed by atoms with Crippen LogP contribution in [0.5, 0.6) is 0 Å². The normalized spacial score (nSPS) is 22.5. The van der Waals surface area contributed by atoms with Crippen molar-refractivity contribution >= 4 is 23.6 Å². The van der Waals surface area contributed by atoms with Crippen molar-refractivity contribution in [1.29, 1.82) is 0 Å². The van der Waals surface area contributed by atoms with Gasteiger partial charge in [0.15, 0.2) is 5.69 Å². The standard InChI is InChI=1S/C11H8N4O4/c16-7-2-1-6(9(17)13-7)15-10(18)5-3-4-12-14-8(5)11(15)19/h3-4,6H,1-2H2,(H,13,16,17). The van der Waals surface area contributed by atoms with E-state index in [1.165, 1.54) is 12.3 Å². The Morgan fingerprint density at radius 3 is 2.68 bits per heavy atom. The Kier molecular flexibility index (Phi) is 2.37. The van der Waals surface area contributed by atoms with Crippen LogP contribution in [0.4, 0.5) is 0 Å². The van der Waals surface area contributed by atoms with Crippen LogP contribution in [0.2, 0.25) is 0 Å². The molecule has 8 nitrogen and oxygen atoms in total. The van der Waals surface area contributed by atoms with E-state index in [9.17, 15) is 19.2 Å². The first-order valence-electron chi connectivity index (χ1n) is 5.63. The molecule has 0 radical (unpaired) electrons. The molecule has 2 aliphatic rings. The average Bonchev–Trinajstić information content (AvgIpc) is 2.64. The molecule has 1 unspecified atom stereocenters.